The molecule has 6 rings (SSSR count). The Bertz CT molecular complexity index is 1530. The molecule has 0 spiro atoms. The normalized spacial score (nSPS) is 17.4. The highest BCUT2D eigenvalue weighted by molar-refractivity contribution is 5.85. The van der Waals surface area contributed by atoms with Gasteiger partial charge in [-0.1, -0.05) is 12.1 Å². The standard InChI is InChI=1S/C27H32F2N8O3/c1-27(2,3)40-26(38)35-10-8-17(9-11-35)36-16-30-20-22(36)32-25(34-12-14-39-15-13-34)33-23(20)37-19-7-5-4-6-18(19)31-24(37)21(28)29/h4-7,16-17,21H,8-15H2,1-3H3. The Hall–Kier alpha value is -3.87. The monoisotopic (exact) mass is 554 g/mol. The molecule has 0 unspecified atom stereocenters. The van der Waals surface area contributed by atoms with Crippen LogP contribution in [0, 0.1) is 0 Å². The van der Waals surface area contributed by atoms with Crippen molar-refractivity contribution in [3.05, 3.63) is 36.4 Å². The molecule has 212 valence electrons. The minimum atomic E-state index is -2.82. The van der Waals surface area contributed by atoms with E-state index in [2.05, 4.69) is 9.97 Å². The fourth-order valence-electron chi connectivity index (χ4n) is 5.29. The van der Waals surface area contributed by atoms with Crippen molar-refractivity contribution in [3.8, 4) is 5.82 Å². The minimum Gasteiger partial charge on any atom is -0.444 e. The van der Waals surface area contributed by atoms with E-state index in [1.165, 1.54) is 4.57 Å². The van der Waals surface area contributed by atoms with E-state index >= 15 is 0 Å². The number of para-hydroxylation sites is 2. The lowest BCUT2D eigenvalue weighted by Gasteiger charge is -2.34. The van der Waals surface area contributed by atoms with E-state index in [1.54, 1.807) is 35.5 Å². The summed E-state index contributed by atoms with van der Waals surface area (Å²) in [7, 11) is 0. The molecule has 5 heterocycles. The van der Waals surface area contributed by atoms with Gasteiger partial charge in [-0.05, 0) is 45.7 Å². The topological polar surface area (TPSA) is 103 Å². The van der Waals surface area contributed by atoms with E-state index < -0.39 is 17.9 Å². The number of likely N-dealkylation sites (tertiary alicyclic amines) is 1. The summed E-state index contributed by atoms with van der Waals surface area (Å²) in [6, 6.07) is 7.02. The first-order chi connectivity index (χ1) is 19.2. The molecule has 1 amide bonds. The highest BCUT2D eigenvalue weighted by Gasteiger charge is 2.31. The van der Waals surface area contributed by atoms with Gasteiger partial charge in [0.05, 0.1) is 30.6 Å². The zero-order valence-corrected chi connectivity index (χ0v) is 22.8. The first kappa shape index (κ1) is 26.4. The second-order valence-electron chi connectivity index (χ2n) is 11.1. The number of nitrogens with zero attached hydrogens (tertiary/aromatic N) is 8. The smallest absolute Gasteiger partial charge is 0.410 e. The number of rotatable bonds is 4. The number of imidazole rings is 2. The second-order valence-corrected chi connectivity index (χ2v) is 11.1. The Morgan fingerprint density at radius 1 is 1.05 bits per heavy atom. The molecule has 0 atom stereocenters. The van der Waals surface area contributed by atoms with Gasteiger partial charge in [-0.3, -0.25) is 4.57 Å². The maximum absolute atomic E-state index is 14.3. The van der Waals surface area contributed by atoms with Crippen molar-refractivity contribution in [1.29, 1.82) is 0 Å². The van der Waals surface area contributed by atoms with E-state index in [4.69, 9.17) is 19.4 Å². The van der Waals surface area contributed by atoms with Crippen molar-refractivity contribution < 1.29 is 23.0 Å². The second kappa shape index (κ2) is 10.3. The summed E-state index contributed by atoms with van der Waals surface area (Å²) >= 11 is 0. The minimum absolute atomic E-state index is 0.0121. The maximum Gasteiger partial charge on any atom is 0.410 e. The van der Waals surface area contributed by atoms with Gasteiger partial charge in [-0.25, -0.2) is 23.5 Å². The van der Waals surface area contributed by atoms with Gasteiger partial charge in [-0.15, -0.1) is 0 Å². The van der Waals surface area contributed by atoms with Crippen LogP contribution in [-0.2, 0) is 9.47 Å². The van der Waals surface area contributed by atoms with Gasteiger partial charge in [-0.2, -0.15) is 9.97 Å². The third-order valence-electron chi connectivity index (χ3n) is 7.19. The number of piperidine rings is 1. The van der Waals surface area contributed by atoms with E-state index in [9.17, 15) is 13.6 Å². The highest BCUT2D eigenvalue weighted by Crippen LogP contribution is 2.33. The Morgan fingerprint density at radius 3 is 2.48 bits per heavy atom. The number of hydrogen-bond acceptors (Lipinski definition) is 8. The summed E-state index contributed by atoms with van der Waals surface area (Å²) in [5.74, 6) is 0.298. The molecule has 2 saturated heterocycles. The zero-order valence-electron chi connectivity index (χ0n) is 22.8. The van der Waals surface area contributed by atoms with Gasteiger partial charge in [0, 0.05) is 32.2 Å². The number of carbonyl (C=O) groups excluding carboxylic acids is 1. The number of aromatic nitrogens is 6. The number of amides is 1. The van der Waals surface area contributed by atoms with Gasteiger partial charge in [0.2, 0.25) is 5.95 Å². The fourth-order valence-corrected chi connectivity index (χ4v) is 5.29. The van der Waals surface area contributed by atoms with Crippen LogP contribution in [0.5, 0.6) is 0 Å². The summed E-state index contributed by atoms with van der Waals surface area (Å²) in [6.45, 7) is 8.80. The zero-order chi connectivity index (χ0) is 28.0. The number of fused-ring (bicyclic) bond motifs is 2. The van der Waals surface area contributed by atoms with Crippen LogP contribution in [-0.4, -0.2) is 85.1 Å². The molecule has 3 aromatic heterocycles. The van der Waals surface area contributed by atoms with Crippen LogP contribution in [0.3, 0.4) is 0 Å². The molecule has 0 bridgehead atoms. The van der Waals surface area contributed by atoms with E-state index in [-0.39, 0.29) is 18.0 Å². The Kier molecular flexibility index (Phi) is 6.77. The molecular weight excluding hydrogens is 522 g/mol. The van der Waals surface area contributed by atoms with E-state index in [1.807, 2.05) is 30.2 Å². The summed E-state index contributed by atoms with van der Waals surface area (Å²) in [5, 5.41) is 0. The van der Waals surface area contributed by atoms with Crippen LogP contribution in [0.15, 0.2) is 30.6 Å². The average molecular weight is 555 g/mol. The summed E-state index contributed by atoms with van der Waals surface area (Å²) in [4.78, 5) is 34.8. The Labute approximate surface area is 229 Å². The SMILES string of the molecule is CC(C)(C)OC(=O)N1CCC(n2cnc3c(-n4c(C(F)F)nc5ccccc54)nc(N4CCOCC4)nc32)CC1. The first-order valence-electron chi connectivity index (χ1n) is 13.5. The van der Waals surface area contributed by atoms with Gasteiger partial charge in [0.1, 0.15) is 5.60 Å². The number of alkyl halides is 2. The Morgan fingerprint density at radius 2 is 1.77 bits per heavy atom. The number of benzene rings is 1. The number of halogens is 2. The lowest BCUT2D eigenvalue weighted by molar-refractivity contribution is 0.0189. The van der Waals surface area contributed by atoms with Crippen molar-refractivity contribution in [2.75, 3.05) is 44.3 Å². The van der Waals surface area contributed by atoms with E-state index in [0.717, 1.165) is 0 Å². The molecule has 13 heteroatoms. The number of ether oxygens (including phenoxy) is 2. The lowest BCUT2D eigenvalue weighted by atomic mass is 10.1. The van der Waals surface area contributed by atoms with Crippen LogP contribution in [0.25, 0.3) is 28.0 Å². The van der Waals surface area contributed by atoms with Crippen LogP contribution in [0.2, 0.25) is 0 Å². The predicted octanol–water partition coefficient (Wildman–Crippen LogP) is 4.51. The van der Waals surface area contributed by atoms with Crippen LogP contribution >= 0.6 is 0 Å². The maximum atomic E-state index is 14.3. The molecule has 2 aliphatic rings. The van der Waals surface area contributed by atoms with Gasteiger partial charge in [0.25, 0.3) is 6.43 Å². The average Bonchev–Trinajstić information content (AvgIpc) is 3.54. The van der Waals surface area contributed by atoms with E-state index in [0.29, 0.717) is 80.4 Å². The van der Waals surface area contributed by atoms with Crippen LogP contribution in [0.4, 0.5) is 19.5 Å². The third-order valence-corrected chi connectivity index (χ3v) is 7.19. The number of morpholine rings is 1. The number of hydrogen-bond donors (Lipinski definition) is 0. The number of carbonyl (C=O) groups is 1. The van der Waals surface area contributed by atoms with Gasteiger partial charge < -0.3 is 23.8 Å². The number of anilines is 1. The molecule has 2 fully saturated rings. The van der Waals surface area contributed by atoms with Crippen LogP contribution in [0.1, 0.15) is 51.9 Å². The highest BCUT2D eigenvalue weighted by atomic mass is 19.3. The summed E-state index contributed by atoms with van der Waals surface area (Å²) in [5.41, 5.74) is 1.38. The van der Waals surface area contributed by atoms with Crippen molar-refractivity contribution in [2.45, 2.75) is 51.7 Å². The van der Waals surface area contributed by atoms with Crippen LogP contribution < -0.4 is 4.90 Å². The molecule has 0 N–H and O–H groups in total. The molecule has 0 saturated carbocycles. The molecule has 0 radical (unpaired) electrons. The van der Waals surface area contributed by atoms with Gasteiger partial charge >= 0.3 is 6.09 Å². The fraction of sp³-hybridized carbons (Fsp3) is 0.519. The predicted molar refractivity (Wildman–Crippen MR) is 144 cm³/mol. The van der Waals surface area contributed by atoms with Crippen molar-refractivity contribution in [3.63, 3.8) is 0 Å². The summed E-state index contributed by atoms with van der Waals surface area (Å²) in [6.07, 6.45) is -0.0999. The Balaban J connectivity index is 1.42. The van der Waals surface area contributed by atoms with Crippen molar-refractivity contribution >= 4 is 34.2 Å². The lowest BCUT2D eigenvalue weighted by Crippen LogP contribution is -2.42. The quantitative estimate of drug-likeness (QED) is 0.363. The molecule has 1 aromatic carbocycles. The van der Waals surface area contributed by atoms with Gasteiger partial charge in [0.15, 0.2) is 22.8 Å². The molecule has 0 aliphatic carbocycles. The third kappa shape index (κ3) is 4.93. The first-order valence-corrected chi connectivity index (χ1v) is 13.5. The van der Waals surface area contributed by atoms with Crippen molar-refractivity contribution in [2.24, 2.45) is 0 Å². The largest absolute Gasteiger partial charge is 0.444 e. The molecular formula is C27H32F2N8O3. The molecule has 2 aliphatic heterocycles. The molecule has 4 aromatic rings. The summed E-state index contributed by atoms with van der Waals surface area (Å²) < 4.78 is 43.0. The molecule has 40 heavy (non-hydrogen) atoms. The van der Waals surface area contributed by atoms with Crippen molar-refractivity contribution in [1.82, 2.24) is 34.0 Å². The molecule has 11 nitrogen and oxygen atoms in total.